The SMILES string of the molecule is CC1CCCCC2CC(CCN2)C2C(CNN2COCC[Si](C)(C)C)NC1=O. The van der Waals surface area contributed by atoms with Crippen molar-refractivity contribution in [3.8, 4) is 0 Å². The first kappa shape index (κ1) is 22.2. The number of hydrazine groups is 1. The van der Waals surface area contributed by atoms with E-state index in [0.29, 0.717) is 24.7 Å². The van der Waals surface area contributed by atoms with Crippen molar-refractivity contribution in [1.82, 2.24) is 21.1 Å². The van der Waals surface area contributed by atoms with Crippen molar-refractivity contribution >= 4 is 14.0 Å². The third kappa shape index (κ3) is 6.26. The molecule has 5 unspecified atom stereocenters. The van der Waals surface area contributed by atoms with Crippen LogP contribution in [0.1, 0.15) is 45.4 Å². The van der Waals surface area contributed by atoms with E-state index >= 15 is 0 Å². The average Bonchev–Trinajstić information content (AvgIpc) is 3.03. The van der Waals surface area contributed by atoms with Crippen molar-refractivity contribution in [1.29, 1.82) is 0 Å². The second-order valence-corrected chi connectivity index (χ2v) is 16.0. The number of hydrogen-bond donors (Lipinski definition) is 3. The molecule has 0 aromatic heterocycles. The van der Waals surface area contributed by atoms with Crippen LogP contribution in [0.2, 0.25) is 25.7 Å². The normalized spacial score (nSPS) is 35.6. The molecule has 5 atom stereocenters. The molecule has 0 spiro atoms. The van der Waals surface area contributed by atoms with Gasteiger partial charge in [-0.05, 0) is 44.2 Å². The lowest BCUT2D eigenvalue weighted by Crippen LogP contribution is -2.55. The molecule has 1 amide bonds. The minimum absolute atomic E-state index is 0.106. The molecule has 3 aliphatic heterocycles. The Kier molecular flexibility index (Phi) is 7.95. The van der Waals surface area contributed by atoms with Crippen molar-refractivity contribution in [3.05, 3.63) is 0 Å². The van der Waals surface area contributed by atoms with Gasteiger partial charge >= 0.3 is 0 Å². The van der Waals surface area contributed by atoms with Gasteiger partial charge in [0.2, 0.25) is 5.91 Å². The van der Waals surface area contributed by atoms with Crippen LogP contribution < -0.4 is 16.1 Å². The number of fused-ring (bicyclic) bond motifs is 4. The lowest BCUT2D eigenvalue weighted by molar-refractivity contribution is -0.126. The van der Waals surface area contributed by atoms with Crippen molar-refractivity contribution < 1.29 is 9.53 Å². The fraction of sp³-hybridized carbons (Fsp3) is 0.952. The van der Waals surface area contributed by atoms with Crippen LogP contribution in [0, 0.1) is 11.8 Å². The number of nitrogens with zero attached hydrogens (tertiary/aromatic N) is 1. The fourth-order valence-corrected chi connectivity index (χ4v) is 5.67. The third-order valence-electron chi connectivity index (χ3n) is 6.75. The largest absolute Gasteiger partial charge is 0.365 e. The van der Waals surface area contributed by atoms with E-state index in [0.717, 1.165) is 32.5 Å². The quantitative estimate of drug-likeness (QED) is 0.480. The first-order chi connectivity index (χ1) is 13.3. The van der Waals surface area contributed by atoms with Gasteiger partial charge < -0.3 is 15.4 Å². The Bertz CT molecular complexity index is 513. The molecule has 3 N–H and O–H groups in total. The minimum atomic E-state index is -1.07. The monoisotopic (exact) mass is 410 g/mol. The lowest BCUT2D eigenvalue weighted by Gasteiger charge is -2.40. The molecule has 7 heteroatoms. The Hall–Kier alpha value is -0.473. The van der Waals surface area contributed by atoms with Crippen LogP contribution in [0.4, 0.5) is 0 Å². The zero-order valence-corrected chi connectivity index (χ0v) is 19.4. The smallest absolute Gasteiger partial charge is 0.223 e. The van der Waals surface area contributed by atoms with E-state index < -0.39 is 8.07 Å². The summed E-state index contributed by atoms with van der Waals surface area (Å²) < 4.78 is 6.07. The van der Waals surface area contributed by atoms with Crippen LogP contribution in [-0.4, -0.2) is 63.5 Å². The Balaban J connectivity index is 1.66. The number of amides is 1. The van der Waals surface area contributed by atoms with Gasteiger partial charge in [0.15, 0.2) is 0 Å². The zero-order chi connectivity index (χ0) is 20.1. The molecule has 28 heavy (non-hydrogen) atoms. The Labute approximate surface area is 172 Å². The van der Waals surface area contributed by atoms with Gasteiger partial charge in [0.1, 0.15) is 6.73 Å². The van der Waals surface area contributed by atoms with Crippen LogP contribution in [0.15, 0.2) is 0 Å². The number of carbonyl (C=O) groups is 1. The third-order valence-corrected chi connectivity index (χ3v) is 8.45. The molecule has 3 heterocycles. The minimum Gasteiger partial charge on any atom is -0.365 e. The van der Waals surface area contributed by atoms with Gasteiger partial charge in [-0.15, -0.1) is 0 Å². The van der Waals surface area contributed by atoms with Gasteiger partial charge in [-0.2, -0.15) is 0 Å². The predicted octanol–water partition coefficient (Wildman–Crippen LogP) is 2.55. The number of rotatable bonds is 5. The van der Waals surface area contributed by atoms with Crippen molar-refractivity contribution in [2.45, 2.75) is 89.3 Å². The van der Waals surface area contributed by atoms with E-state index in [-0.39, 0.29) is 17.9 Å². The number of hydrogen-bond acceptors (Lipinski definition) is 5. The molecule has 6 nitrogen and oxygen atoms in total. The number of carbonyl (C=O) groups excluding carboxylic acids is 1. The second-order valence-electron chi connectivity index (χ2n) is 10.4. The standard InChI is InChI=1S/C21H42N4O2Si/c1-16-7-5-6-8-18-13-17(9-10-22-18)20-19(24-21(16)26)14-23-25(20)15-27-11-12-28(2,3)4/h16-20,22-23H,5-15H2,1-4H3,(H,24,26). The molecular formula is C21H42N4O2Si. The van der Waals surface area contributed by atoms with Crippen LogP contribution in [0.25, 0.3) is 0 Å². The van der Waals surface area contributed by atoms with E-state index in [2.05, 4.69) is 47.6 Å². The van der Waals surface area contributed by atoms with E-state index in [9.17, 15) is 4.79 Å². The van der Waals surface area contributed by atoms with Crippen LogP contribution in [0.3, 0.4) is 0 Å². The van der Waals surface area contributed by atoms with Gasteiger partial charge in [0, 0.05) is 33.2 Å². The van der Waals surface area contributed by atoms with E-state index in [4.69, 9.17) is 4.74 Å². The first-order valence-electron chi connectivity index (χ1n) is 11.4. The summed E-state index contributed by atoms with van der Waals surface area (Å²) in [5, 5.41) is 9.41. The summed E-state index contributed by atoms with van der Waals surface area (Å²) in [5.74, 6) is 0.932. The number of ether oxygens (including phenoxy) is 1. The first-order valence-corrected chi connectivity index (χ1v) is 15.2. The van der Waals surface area contributed by atoms with Crippen LogP contribution in [-0.2, 0) is 9.53 Å². The molecule has 0 aromatic rings. The molecule has 0 radical (unpaired) electrons. The number of piperidine rings is 1. The van der Waals surface area contributed by atoms with Gasteiger partial charge in [-0.25, -0.2) is 5.01 Å². The Morgan fingerprint density at radius 3 is 2.75 bits per heavy atom. The molecule has 3 fully saturated rings. The van der Waals surface area contributed by atoms with E-state index in [1.54, 1.807) is 0 Å². The van der Waals surface area contributed by atoms with E-state index in [1.165, 1.54) is 31.7 Å². The molecule has 3 saturated heterocycles. The molecule has 3 aliphatic rings. The summed E-state index contributed by atoms with van der Waals surface area (Å²) in [7, 11) is -1.07. The summed E-state index contributed by atoms with van der Waals surface area (Å²) in [6.07, 6.45) is 6.99. The van der Waals surface area contributed by atoms with Crippen LogP contribution >= 0.6 is 0 Å². The fourth-order valence-electron chi connectivity index (χ4n) is 4.92. The predicted molar refractivity (Wildman–Crippen MR) is 117 cm³/mol. The van der Waals surface area contributed by atoms with Crippen molar-refractivity contribution in [3.63, 3.8) is 0 Å². The maximum atomic E-state index is 12.7. The van der Waals surface area contributed by atoms with Crippen molar-refractivity contribution in [2.24, 2.45) is 11.8 Å². The lowest BCUT2D eigenvalue weighted by atomic mass is 9.81. The van der Waals surface area contributed by atoms with E-state index in [1.807, 2.05) is 0 Å². The molecule has 3 rings (SSSR count). The highest BCUT2D eigenvalue weighted by atomic mass is 28.3. The molecule has 0 aliphatic carbocycles. The molecule has 0 saturated carbocycles. The highest BCUT2D eigenvalue weighted by Crippen LogP contribution is 2.30. The molecule has 2 bridgehead atoms. The summed E-state index contributed by atoms with van der Waals surface area (Å²) >= 11 is 0. The van der Waals surface area contributed by atoms with Gasteiger partial charge in [-0.3, -0.25) is 10.2 Å². The van der Waals surface area contributed by atoms with Crippen LogP contribution in [0.5, 0.6) is 0 Å². The Morgan fingerprint density at radius 2 is 1.96 bits per heavy atom. The molecule has 0 aromatic carbocycles. The van der Waals surface area contributed by atoms with Crippen molar-refractivity contribution in [2.75, 3.05) is 26.4 Å². The highest BCUT2D eigenvalue weighted by Gasteiger charge is 2.42. The highest BCUT2D eigenvalue weighted by molar-refractivity contribution is 6.76. The average molecular weight is 411 g/mol. The van der Waals surface area contributed by atoms with Gasteiger partial charge in [0.05, 0.1) is 12.1 Å². The molecular weight excluding hydrogens is 368 g/mol. The summed E-state index contributed by atoms with van der Waals surface area (Å²) in [5.41, 5.74) is 3.55. The summed E-state index contributed by atoms with van der Waals surface area (Å²) in [4.78, 5) is 12.7. The Morgan fingerprint density at radius 1 is 1.18 bits per heavy atom. The molecule has 162 valence electrons. The maximum Gasteiger partial charge on any atom is 0.223 e. The van der Waals surface area contributed by atoms with Gasteiger partial charge in [0.25, 0.3) is 0 Å². The summed E-state index contributed by atoms with van der Waals surface area (Å²) in [6.45, 7) is 12.6. The maximum absolute atomic E-state index is 12.7. The van der Waals surface area contributed by atoms with Gasteiger partial charge in [-0.1, -0.05) is 39.4 Å². The second kappa shape index (κ2) is 10.0. The zero-order valence-electron chi connectivity index (χ0n) is 18.4. The topological polar surface area (TPSA) is 65.6 Å². The number of nitrogens with one attached hydrogen (secondary N) is 3. The summed E-state index contributed by atoms with van der Waals surface area (Å²) in [6, 6.07) is 2.32.